The maximum Gasteiger partial charge on any atom is 0.0626 e. The highest BCUT2D eigenvalue weighted by Gasteiger charge is 2.16. The highest BCUT2D eigenvalue weighted by atomic mass is 35.5. The van der Waals surface area contributed by atoms with Crippen molar-refractivity contribution >= 4 is 11.6 Å². The highest BCUT2D eigenvalue weighted by Crippen LogP contribution is 2.29. The molecule has 72 valence electrons. The Morgan fingerprint density at radius 1 is 1.42 bits per heavy atom. The molecule has 0 radical (unpaired) electrons. The van der Waals surface area contributed by atoms with Crippen molar-refractivity contribution in [2.24, 2.45) is 5.92 Å². The van der Waals surface area contributed by atoms with E-state index in [4.69, 9.17) is 16.3 Å². The van der Waals surface area contributed by atoms with E-state index in [2.05, 4.69) is 0 Å². The summed E-state index contributed by atoms with van der Waals surface area (Å²) in [5.41, 5.74) is 0. The van der Waals surface area contributed by atoms with Gasteiger partial charge in [-0.2, -0.15) is 0 Å². The van der Waals surface area contributed by atoms with Crippen molar-refractivity contribution in [1.29, 1.82) is 0 Å². The SMILES string of the molecule is COCC(Cl)CCC1CCCC1. The Kier molecular flexibility index (Phi) is 5.01. The molecule has 0 aromatic rings. The molecule has 1 unspecified atom stereocenters. The Morgan fingerprint density at radius 3 is 2.67 bits per heavy atom. The fourth-order valence-corrected chi connectivity index (χ4v) is 2.23. The molecule has 0 amide bonds. The molecule has 1 atom stereocenters. The molecule has 1 aliphatic carbocycles. The van der Waals surface area contributed by atoms with Crippen LogP contribution in [0.2, 0.25) is 0 Å². The maximum absolute atomic E-state index is 6.03. The standard InChI is InChI=1S/C10H19ClO/c1-12-8-10(11)7-6-9-4-2-3-5-9/h9-10H,2-8H2,1H3. The average molecular weight is 191 g/mol. The lowest BCUT2D eigenvalue weighted by molar-refractivity contribution is 0.193. The summed E-state index contributed by atoms with van der Waals surface area (Å²) in [6.07, 6.45) is 8.15. The highest BCUT2D eigenvalue weighted by molar-refractivity contribution is 6.20. The van der Waals surface area contributed by atoms with Gasteiger partial charge in [0.15, 0.2) is 0 Å². The van der Waals surface area contributed by atoms with E-state index >= 15 is 0 Å². The van der Waals surface area contributed by atoms with Crippen LogP contribution in [0.25, 0.3) is 0 Å². The average Bonchev–Trinajstić information content (AvgIpc) is 2.53. The topological polar surface area (TPSA) is 9.23 Å². The molecule has 1 nitrogen and oxygen atoms in total. The number of ether oxygens (including phenoxy) is 1. The monoisotopic (exact) mass is 190 g/mol. The Labute approximate surface area is 80.4 Å². The van der Waals surface area contributed by atoms with Gasteiger partial charge in [-0.3, -0.25) is 0 Å². The van der Waals surface area contributed by atoms with Gasteiger partial charge in [0.25, 0.3) is 0 Å². The second-order valence-corrected chi connectivity index (χ2v) is 4.40. The summed E-state index contributed by atoms with van der Waals surface area (Å²) >= 11 is 6.03. The molecule has 1 fully saturated rings. The van der Waals surface area contributed by atoms with Crippen molar-refractivity contribution in [1.82, 2.24) is 0 Å². The van der Waals surface area contributed by atoms with E-state index in [0.717, 1.165) is 12.3 Å². The van der Waals surface area contributed by atoms with Crippen LogP contribution in [0.1, 0.15) is 38.5 Å². The number of halogens is 1. The van der Waals surface area contributed by atoms with Gasteiger partial charge in [0.05, 0.1) is 12.0 Å². The third-order valence-electron chi connectivity index (χ3n) is 2.71. The number of rotatable bonds is 5. The molecular weight excluding hydrogens is 172 g/mol. The molecule has 0 spiro atoms. The molecule has 0 aliphatic heterocycles. The summed E-state index contributed by atoms with van der Waals surface area (Å²) in [4.78, 5) is 0. The van der Waals surface area contributed by atoms with Crippen molar-refractivity contribution < 1.29 is 4.74 Å². The first-order valence-corrected chi connectivity index (χ1v) is 5.39. The number of hydrogen-bond donors (Lipinski definition) is 0. The lowest BCUT2D eigenvalue weighted by Gasteiger charge is -2.11. The zero-order valence-corrected chi connectivity index (χ0v) is 8.65. The van der Waals surface area contributed by atoms with Crippen molar-refractivity contribution in [3.8, 4) is 0 Å². The second kappa shape index (κ2) is 5.82. The molecule has 0 heterocycles. The molecular formula is C10H19ClO. The summed E-state index contributed by atoms with van der Waals surface area (Å²) in [6, 6.07) is 0. The summed E-state index contributed by atoms with van der Waals surface area (Å²) in [5.74, 6) is 0.961. The first-order chi connectivity index (χ1) is 5.83. The molecule has 0 saturated heterocycles. The number of methoxy groups -OCH3 is 1. The maximum atomic E-state index is 6.03. The van der Waals surface area contributed by atoms with E-state index < -0.39 is 0 Å². The lowest BCUT2D eigenvalue weighted by Crippen LogP contribution is -2.08. The van der Waals surface area contributed by atoms with Crippen LogP contribution in [-0.4, -0.2) is 19.1 Å². The zero-order chi connectivity index (χ0) is 8.81. The number of hydrogen-bond acceptors (Lipinski definition) is 1. The molecule has 1 rings (SSSR count). The van der Waals surface area contributed by atoms with E-state index in [9.17, 15) is 0 Å². The zero-order valence-electron chi connectivity index (χ0n) is 7.89. The Bertz CT molecular complexity index is 110. The van der Waals surface area contributed by atoms with Crippen LogP contribution in [-0.2, 0) is 4.74 Å². The minimum absolute atomic E-state index is 0.232. The van der Waals surface area contributed by atoms with Gasteiger partial charge in [-0.1, -0.05) is 25.7 Å². The largest absolute Gasteiger partial charge is 0.383 e. The fraction of sp³-hybridized carbons (Fsp3) is 1.00. The van der Waals surface area contributed by atoms with Gasteiger partial charge in [0.2, 0.25) is 0 Å². The van der Waals surface area contributed by atoms with Crippen LogP contribution >= 0.6 is 11.6 Å². The van der Waals surface area contributed by atoms with Gasteiger partial charge in [-0.15, -0.1) is 11.6 Å². The van der Waals surface area contributed by atoms with E-state index in [0.29, 0.717) is 6.61 Å². The summed E-state index contributed by atoms with van der Waals surface area (Å²) < 4.78 is 4.99. The van der Waals surface area contributed by atoms with E-state index in [1.54, 1.807) is 7.11 Å². The molecule has 1 saturated carbocycles. The van der Waals surface area contributed by atoms with Gasteiger partial charge < -0.3 is 4.74 Å². The van der Waals surface area contributed by atoms with Gasteiger partial charge in [-0.25, -0.2) is 0 Å². The van der Waals surface area contributed by atoms with E-state index in [-0.39, 0.29) is 5.38 Å². The summed E-state index contributed by atoms with van der Waals surface area (Å²) in [6.45, 7) is 0.703. The quantitative estimate of drug-likeness (QED) is 0.605. The number of alkyl halides is 1. The summed E-state index contributed by atoms with van der Waals surface area (Å²) in [7, 11) is 1.71. The van der Waals surface area contributed by atoms with Gasteiger partial charge >= 0.3 is 0 Å². The summed E-state index contributed by atoms with van der Waals surface area (Å²) in [5, 5.41) is 0.232. The molecule has 12 heavy (non-hydrogen) atoms. The van der Waals surface area contributed by atoms with Gasteiger partial charge in [0, 0.05) is 7.11 Å². The van der Waals surface area contributed by atoms with Crippen molar-refractivity contribution in [2.45, 2.75) is 43.9 Å². The predicted octanol–water partition coefficient (Wildman–Crippen LogP) is 3.21. The molecule has 0 bridgehead atoms. The van der Waals surface area contributed by atoms with Crippen molar-refractivity contribution in [3.63, 3.8) is 0 Å². The third kappa shape index (κ3) is 3.77. The Morgan fingerprint density at radius 2 is 2.08 bits per heavy atom. The smallest absolute Gasteiger partial charge is 0.0626 e. The van der Waals surface area contributed by atoms with Crippen LogP contribution < -0.4 is 0 Å². The molecule has 0 aromatic carbocycles. The second-order valence-electron chi connectivity index (χ2n) is 3.78. The fourth-order valence-electron chi connectivity index (χ4n) is 1.98. The van der Waals surface area contributed by atoms with E-state index in [1.165, 1.54) is 32.1 Å². The third-order valence-corrected chi connectivity index (χ3v) is 3.05. The molecule has 0 aromatic heterocycles. The Balaban J connectivity index is 1.99. The first-order valence-electron chi connectivity index (χ1n) is 4.96. The molecule has 1 aliphatic rings. The van der Waals surface area contributed by atoms with Crippen LogP contribution in [0, 0.1) is 5.92 Å². The normalized spacial score (nSPS) is 21.5. The van der Waals surface area contributed by atoms with Crippen LogP contribution in [0.5, 0.6) is 0 Å². The van der Waals surface area contributed by atoms with Gasteiger partial charge in [0.1, 0.15) is 0 Å². The van der Waals surface area contributed by atoms with Crippen molar-refractivity contribution in [2.75, 3.05) is 13.7 Å². The van der Waals surface area contributed by atoms with E-state index in [1.807, 2.05) is 0 Å². The van der Waals surface area contributed by atoms with Crippen LogP contribution in [0.3, 0.4) is 0 Å². The Hall–Kier alpha value is 0.250. The molecule has 0 N–H and O–H groups in total. The molecule has 2 heteroatoms. The van der Waals surface area contributed by atoms with Gasteiger partial charge in [-0.05, 0) is 18.8 Å². The first kappa shape index (κ1) is 10.3. The predicted molar refractivity (Wildman–Crippen MR) is 52.7 cm³/mol. The minimum atomic E-state index is 0.232. The minimum Gasteiger partial charge on any atom is -0.383 e. The van der Waals surface area contributed by atoms with Crippen LogP contribution in [0.4, 0.5) is 0 Å². The van der Waals surface area contributed by atoms with Crippen LogP contribution in [0.15, 0.2) is 0 Å². The lowest BCUT2D eigenvalue weighted by atomic mass is 10.0. The van der Waals surface area contributed by atoms with Crippen molar-refractivity contribution in [3.05, 3.63) is 0 Å².